The fourth-order valence-corrected chi connectivity index (χ4v) is 8.70. The van der Waals surface area contributed by atoms with Gasteiger partial charge in [0.25, 0.3) is 0 Å². The van der Waals surface area contributed by atoms with E-state index in [-0.39, 0.29) is 156 Å². The van der Waals surface area contributed by atoms with Gasteiger partial charge in [-0.05, 0) is 116 Å². The van der Waals surface area contributed by atoms with E-state index < -0.39 is 59.8 Å². The van der Waals surface area contributed by atoms with Gasteiger partial charge in [0.1, 0.15) is 29.4 Å². The average Bonchev–Trinajstić information content (AvgIpc) is 3.32. The molecule has 0 aromatic rings. The van der Waals surface area contributed by atoms with Gasteiger partial charge in [-0.15, -0.1) is 0 Å². The largest absolute Gasteiger partial charge is 0.792 e. The predicted molar refractivity (Wildman–Crippen MR) is 266 cm³/mol. The zero-order valence-electron chi connectivity index (χ0n) is 42.4. The van der Waals surface area contributed by atoms with Crippen LogP contribution in [0.3, 0.4) is 0 Å². The summed E-state index contributed by atoms with van der Waals surface area (Å²) in [6.45, 7) is 3.19. The van der Waals surface area contributed by atoms with Crippen LogP contribution in [0.25, 0.3) is 0 Å². The number of carboxylic acid groups (broad SMARTS) is 3. The number of nitrogens with two attached hydrogens (primary N) is 1. The van der Waals surface area contributed by atoms with E-state index in [1.807, 2.05) is 7.05 Å². The van der Waals surface area contributed by atoms with Crippen molar-refractivity contribution in [1.29, 1.82) is 0 Å². The van der Waals surface area contributed by atoms with E-state index in [1.54, 1.807) is 6.92 Å². The normalized spacial score (nSPS) is 16.3. The molecule has 1 radical (unpaired) electrons. The van der Waals surface area contributed by atoms with Crippen molar-refractivity contribution in [2.24, 2.45) is 29.4 Å². The first-order valence-corrected chi connectivity index (χ1v) is 26.0. The number of carbonyl (C=O) groups excluding carboxylic acids is 8. The van der Waals surface area contributed by atoms with Gasteiger partial charge in [-0.25, -0.2) is 9.59 Å². The average molecular weight is 1110 g/mol. The maximum Gasteiger partial charge on any atom is 0.326 e. The number of ketones is 3. The first kappa shape index (κ1) is 68.0. The summed E-state index contributed by atoms with van der Waals surface area (Å²) >= 11 is 5.22. The predicted octanol–water partition coefficient (Wildman–Crippen LogP) is 3.20. The molecule has 0 aliphatic heterocycles. The minimum atomic E-state index is -1.32. The van der Waals surface area contributed by atoms with E-state index >= 15 is 0 Å². The smallest absolute Gasteiger partial charge is 0.326 e. The topological polar surface area (TPSA) is 347 Å². The third kappa shape index (κ3) is 32.9. The number of hydrogen-bond acceptors (Lipinski definition) is 13. The van der Waals surface area contributed by atoms with Gasteiger partial charge in [0, 0.05) is 121 Å². The molecule has 0 heterocycles. The second-order valence-electron chi connectivity index (χ2n) is 18.9. The van der Waals surface area contributed by atoms with E-state index in [9.17, 15) is 63.0 Å². The van der Waals surface area contributed by atoms with Crippen molar-refractivity contribution in [2.45, 2.75) is 186 Å². The summed E-state index contributed by atoms with van der Waals surface area (Å²) < 4.78 is 0. The number of urea groups is 1. The van der Waals surface area contributed by atoms with Crippen molar-refractivity contribution < 1.29 is 101 Å². The van der Waals surface area contributed by atoms with Crippen molar-refractivity contribution >= 4 is 77.5 Å². The van der Waals surface area contributed by atoms with Crippen LogP contribution in [-0.4, -0.2) is 131 Å². The van der Waals surface area contributed by atoms with Crippen LogP contribution in [0.5, 0.6) is 0 Å². The van der Waals surface area contributed by atoms with Gasteiger partial charge in [-0.3, -0.25) is 43.2 Å². The molecule has 0 aromatic heterocycles. The fraction of sp³-hybridized carbons (Fsp3) is 0.776. The molecule has 11 N–H and O–H groups in total. The Kier molecular flexibility index (Phi) is 38.1. The summed E-state index contributed by atoms with van der Waals surface area (Å²) in [5.41, 5.74) is 5.45. The van der Waals surface area contributed by atoms with Gasteiger partial charge in [-0.2, -0.15) is 5.75 Å². The first-order valence-electron chi connectivity index (χ1n) is 25.4. The molecule has 1 fully saturated rings. The summed E-state index contributed by atoms with van der Waals surface area (Å²) in [5.74, 6) is -6.95. The van der Waals surface area contributed by atoms with Crippen LogP contribution in [0.4, 0.5) is 4.79 Å². The molecule has 0 spiro atoms. The third-order valence-electron chi connectivity index (χ3n) is 12.8. The molecule has 1 aliphatic carbocycles. The molecule has 0 saturated heterocycles. The zero-order chi connectivity index (χ0) is 53.1. The van der Waals surface area contributed by atoms with E-state index in [1.165, 1.54) is 0 Å². The molecule has 0 aromatic carbocycles. The number of carbonyl (C=O) groups is 11. The molecule has 5 unspecified atom stereocenters. The number of carboxylic acids is 3. The fourth-order valence-electron chi connectivity index (χ4n) is 8.40. The van der Waals surface area contributed by atoms with Crippen LogP contribution in [0.1, 0.15) is 167 Å². The van der Waals surface area contributed by atoms with E-state index in [2.05, 4.69) is 31.9 Å². The molecule has 6 amide bonds. The van der Waals surface area contributed by atoms with Gasteiger partial charge in [0.05, 0.1) is 0 Å². The van der Waals surface area contributed by atoms with Gasteiger partial charge >= 0.3 is 23.9 Å². The summed E-state index contributed by atoms with van der Waals surface area (Å²) in [5, 5.41) is 43.9. The monoisotopic (exact) mass is 1110 g/mol. The standard InChI is InChI=1S/C49H83N7O14S.Y/c1-32(16-24-44(62)63)54-49(70)56-39(48(68)69)22-23-42(60)53-30-33-17-19-34(20-18-33)47(67)52-27-10-5-6-12-37(57)28-35(21-25-45(64)65)41(59)29-36(31-71)40(58)14-7-3-4-8-15-43(61)55-38(46(50)66)13-9-11-26-51-2;/h32-36,38-39,51,71H,3-31H2,1-2H3,(H2,50,66)(H,52,67)(H,53,60)(H,55,61)(H,62,63)(H,64,65)(H,68,69)(H2,54,56,70);/p-1. The molecule has 407 valence electrons. The number of rotatable bonds is 42. The summed E-state index contributed by atoms with van der Waals surface area (Å²) in [6, 6.07) is -3.30. The van der Waals surface area contributed by atoms with Gasteiger partial charge < -0.3 is 65.6 Å². The van der Waals surface area contributed by atoms with Crippen molar-refractivity contribution in [3.05, 3.63) is 0 Å². The minimum Gasteiger partial charge on any atom is -0.792 e. The van der Waals surface area contributed by atoms with Gasteiger partial charge in [-0.1, -0.05) is 19.3 Å². The zero-order valence-corrected chi connectivity index (χ0v) is 46.1. The van der Waals surface area contributed by atoms with Crippen LogP contribution in [0, 0.1) is 23.7 Å². The number of nitrogens with one attached hydrogen (secondary N) is 6. The van der Waals surface area contributed by atoms with E-state index in [4.69, 9.17) is 23.5 Å². The summed E-state index contributed by atoms with van der Waals surface area (Å²) in [4.78, 5) is 135. The molecule has 1 aliphatic rings. The number of Topliss-reactive ketones (excluding diaryl/α,β-unsaturated/α-hetero) is 3. The molecular formula is C49H82N7O14SY-. The Morgan fingerprint density at radius 2 is 1.19 bits per heavy atom. The minimum absolute atomic E-state index is 0. The number of amides is 6. The van der Waals surface area contributed by atoms with Crippen molar-refractivity contribution in [2.75, 3.05) is 32.4 Å². The second kappa shape index (κ2) is 40.4. The quantitative estimate of drug-likeness (QED) is 0.0310. The Hall–Kier alpha value is -4.02. The molecule has 21 nitrogen and oxygen atoms in total. The van der Waals surface area contributed by atoms with Crippen LogP contribution >= 0.6 is 0 Å². The molecular weight excluding hydrogens is 1030 g/mol. The van der Waals surface area contributed by atoms with Crippen LogP contribution in [0.2, 0.25) is 0 Å². The molecule has 0 bridgehead atoms. The molecule has 5 atom stereocenters. The van der Waals surface area contributed by atoms with Gasteiger partial charge in [0.15, 0.2) is 0 Å². The number of aliphatic carboxylic acids is 3. The maximum absolute atomic E-state index is 13.4. The maximum atomic E-state index is 13.4. The third-order valence-corrected chi connectivity index (χ3v) is 13.2. The molecule has 1 rings (SSSR count). The summed E-state index contributed by atoms with van der Waals surface area (Å²) in [6.07, 6.45) is 8.76. The second-order valence-corrected chi connectivity index (χ2v) is 19.2. The Balaban J connectivity index is 0.0000504. The SMILES string of the molecule is CNCCCCC(NC(=O)CCCCCCC(=O)C(C[S-])CC(=O)C(CCC(=O)O)CC(=O)CCCCCNC(=O)C1CCC(CNC(=O)CCC(NC(=O)NC(C)CCC(=O)O)C(=O)O)CC1)C(N)=O.[Y]. The summed E-state index contributed by atoms with van der Waals surface area (Å²) in [7, 11) is 1.84. The Morgan fingerprint density at radius 1 is 0.583 bits per heavy atom. The van der Waals surface area contributed by atoms with E-state index in [0.29, 0.717) is 90.1 Å². The van der Waals surface area contributed by atoms with Crippen LogP contribution < -0.4 is 37.6 Å². The van der Waals surface area contributed by atoms with Crippen LogP contribution in [-0.2, 0) is 93.3 Å². The Morgan fingerprint density at radius 3 is 1.81 bits per heavy atom. The van der Waals surface area contributed by atoms with E-state index in [0.717, 1.165) is 19.4 Å². The Bertz CT molecular complexity index is 1740. The number of unbranched alkanes of at least 4 members (excludes halogenated alkanes) is 6. The van der Waals surface area contributed by atoms with Crippen molar-refractivity contribution in [1.82, 2.24) is 31.9 Å². The molecule has 72 heavy (non-hydrogen) atoms. The molecule has 23 heteroatoms. The molecule has 1 saturated carbocycles. The number of hydrogen-bond donors (Lipinski definition) is 10. The first-order chi connectivity index (χ1) is 33.7. The van der Waals surface area contributed by atoms with Gasteiger partial charge in [0.2, 0.25) is 23.6 Å². The van der Waals surface area contributed by atoms with Crippen molar-refractivity contribution in [3.63, 3.8) is 0 Å². The van der Waals surface area contributed by atoms with Crippen molar-refractivity contribution in [3.8, 4) is 0 Å². The number of primary amides is 1. The Labute approximate surface area is 455 Å². The van der Waals surface area contributed by atoms with Crippen LogP contribution in [0.15, 0.2) is 0 Å².